The molecule has 0 atom stereocenters. The number of tetrazole rings is 1. The molecule has 1 saturated heterocycles. The lowest BCUT2D eigenvalue weighted by Crippen LogP contribution is -2.48. The van der Waals surface area contributed by atoms with Crippen LogP contribution in [0, 0.1) is 5.82 Å². The standard InChI is InChI=1S/C21H19FN6OS2/c22-17-4-2-1-3-16(17)19-6-5-15(31-19)13-26-8-10-27(11-9-26)21(29)20-18(7-12-30-20)28-14-23-24-25-28/h1-7,12,14H,8-11,13H2. The molecule has 0 aliphatic carbocycles. The Hall–Kier alpha value is -2.95. The van der Waals surface area contributed by atoms with Crippen molar-refractivity contribution in [2.75, 3.05) is 26.2 Å². The first-order valence-electron chi connectivity index (χ1n) is 9.85. The summed E-state index contributed by atoms with van der Waals surface area (Å²) in [5.74, 6) is -0.184. The number of nitrogens with zero attached hydrogens (tertiary/aromatic N) is 6. The minimum absolute atomic E-state index is 0.0121. The number of hydrogen-bond acceptors (Lipinski definition) is 7. The van der Waals surface area contributed by atoms with Crippen molar-refractivity contribution < 1.29 is 9.18 Å². The van der Waals surface area contributed by atoms with Crippen LogP contribution in [-0.2, 0) is 6.54 Å². The SMILES string of the molecule is O=C(c1sccc1-n1cnnn1)N1CCN(Cc2ccc(-c3ccccc3F)s2)CC1. The maximum absolute atomic E-state index is 14.0. The monoisotopic (exact) mass is 454 g/mol. The molecule has 0 unspecified atom stereocenters. The lowest BCUT2D eigenvalue weighted by atomic mass is 10.2. The van der Waals surface area contributed by atoms with Crippen LogP contribution >= 0.6 is 22.7 Å². The van der Waals surface area contributed by atoms with E-state index in [9.17, 15) is 9.18 Å². The summed E-state index contributed by atoms with van der Waals surface area (Å²) < 4.78 is 15.6. The van der Waals surface area contributed by atoms with Crippen molar-refractivity contribution in [1.82, 2.24) is 30.0 Å². The summed E-state index contributed by atoms with van der Waals surface area (Å²) in [5, 5.41) is 13.1. The van der Waals surface area contributed by atoms with Crippen LogP contribution in [0.15, 0.2) is 54.2 Å². The lowest BCUT2D eigenvalue weighted by molar-refractivity contribution is 0.0634. The molecule has 10 heteroatoms. The summed E-state index contributed by atoms with van der Waals surface area (Å²) in [5.41, 5.74) is 1.35. The normalized spacial score (nSPS) is 14.8. The molecule has 1 aliphatic rings. The minimum Gasteiger partial charge on any atom is -0.335 e. The fraction of sp³-hybridized carbons (Fsp3) is 0.238. The zero-order valence-electron chi connectivity index (χ0n) is 16.5. The van der Waals surface area contributed by atoms with Gasteiger partial charge in [-0.25, -0.2) is 4.39 Å². The second-order valence-corrected chi connectivity index (χ2v) is 9.29. The van der Waals surface area contributed by atoms with E-state index < -0.39 is 0 Å². The van der Waals surface area contributed by atoms with E-state index in [0.717, 1.165) is 24.5 Å². The van der Waals surface area contributed by atoms with E-state index in [-0.39, 0.29) is 11.7 Å². The number of carbonyl (C=O) groups is 1. The summed E-state index contributed by atoms with van der Waals surface area (Å²) in [7, 11) is 0. The van der Waals surface area contributed by atoms with Crippen molar-refractivity contribution in [1.29, 1.82) is 0 Å². The van der Waals surface area contributed by atoms with Gasteiger partial charge in [0.15, 0.2) is 0 Å². The van der Waals surface area contributed by atoms with Gasteiger partial charge in [-0.1, -0.05) is 18.2 Å². The van der Waals surface area contributed by atoms with Crippen LogP contribution in [-0.4, -0.2) is 62.1 Å². The summed E-state index contributed by atoms with van der Waals surface area (Å²) in [4.78, 5) is 20.0. The van der Waals surface area contributed by atoms with Gasteiger partial charge in [-0.15, -0.1) is 27.8 Å². The molecule has 4 heterocycles. The van der Waals surface area contributed by atoms with Crippen molar-refractivity contribution in [2.24, 2.45) is 0 Å². The van der Waals surface area contributed by atoms with Gasteiger partial charge in [0, 0.05) is 48.0 Å². The van der Waals surface area contributed by atoms with E-state index in [4.69, 9.17) is 0 Å². The number of aromatic nitrogens is 4. The van der Waals surface area contributed by atoms with Crippen LogP contribution < -0.4 is 0 Å². The van der Waals surface area contributed by atoms with Gasteiger partial charge in [0.2, 0.25) is 0 Å². The lowest BCUT2D eigenvalue weighted by Gasteiger charge is -2.34. The first-order chi connectivity index (χ1) is 15.2. The van der Waals surface area contributed by atoms with Crippen LogP contribution in [0.5, 0.6) is 0 Å². The van der Waals surface area contributed by atoms with Gasteiger partial charge in [-0.3, -0.25) is 9.69 Å². The van der Waals surface area contributed by atoms with E-state index in [1.807, 2.05) is 34.5 Å². The van der Waals surface area contributed by atoms with Crippen LogP contribution in [0.4, 0.5) is 4.39 Å². The van der Waals surface area contributed by atoms with Crippen LogP contribution in [0.1, 0.15) is 14.5 Å². The number of amides is 1. The molecule has 1 fully saturated rings. The summed E-state index contributed by atoms with van der Waals surface area (Å²) in [6.45, 7) is 3.72. The summed E-state index contributed by atoms with van der Waals surface area (Å²) in [6, 6.07) is 12.8. The Morgan fingerprint density at radius 1 is 1.06 bits per heavy atom. The molecule has 3 aromatic heterocycles. The number of carbonyl (C=O) groups excluding carboxylic acids is 1. The third kappa shape index (κ3) is 4.14. The van der Waals surface area contributed by atoms with Crippen LogP contribution in [0.3, 0.4) is 0 Å². The molecule has 0 spiro atoms. The summed E-state index contributed by atoms with van der Waals surface area (Å²) >= 11 is 3.02. The second kappa shape index (κ2) is 8.66. The van der Waals surface area contributed by atoms with E-state index in [1.54, 1.807) is 17.4 Å². The Kier molecular flexibility index (Phi) is 5.58. The van der Waals surface area contributed by atoms with Gasteiger partial charge < -0.3 is 4.90 Å². The molecule has 0 bridgehead atoms. The van der Waals surface area contributed by atoms with E-state index >= 15 is 0 Å². The van der Waals surface area contributed by atoms with Crippen LogP contribution in [0.25, 0.3) is 16.1 Å². The molecule has 1 amide bonds. The van der Waals surface area contributed by atoms with Crippen LogP contribution in [0.2, 0.25) is 0 Å². The van der Waals surface area contributed by atoms with E-state index in [2.05, 4.69) is 26.5 Å². The van der Waals surface area contributed by atoms with Gasteiger partial charge in [0.1, 0.15) is 17.0 Å². The van der Waals surface area contributed by atoms with Crippen molar-refractivity contribution in [3.8, 4) is 16.1 Å². The van der Waals surface area contributed by atoms with Gasteiger partial charge in [0.25, 0.3) is 5.91 Å². The van der Waals surface area contributed by atoms with E-state index in [0.29, 0.717) is 29.2 Å². The smallest absolute Gasteiger partial charge is 0.266 e. The Morgan fingerprint density at radius 2 is 1.90 bits per heavy atom. The highest BCUT2D eigenvalue weighted by molar-refractivity contribution is 7.15. The first kappa shape index (κ1) is 20.0. The van der Waals surface area contributed by atoms with E-state index in [1.165, 1.54) is 33.3 Å². The average molecular weight is 455 g/mol. The molecule has 0 N–H and O–H groups in total. The fourth-order valence-electron chi connectivity index (χ4n) is 3.66. The maximum Gasteiger partial charge on any atom is 0.266 e. The highest BCUT2D eigenvalue weighted by Crippen LogP contribution is 2.31. The Bertz CT molecular complexity index is 1180. The molecule has 7 nitrogen and oxygen atoms in total. The van der Waals surface area contributed by atoms with Crippen molar-refractivity contribution in [2.45, 2.75) is 6.54 Å². The third-order valence-corrected chi connectivity index (χ3v) is 7.27. The molecular formula is C21H19FN6OS2. The number of rotatable bonds is 5. The molecule has 1 aromatic carbocycles. The molecule has 4 aromatic rings. The fourth-order valence-corrected chi connectivity index (χ4v) is 5.58. The number of hydrogen-bond donors (Lipinski definition) is 0. The number of halogens is 1. The largest absolute Gasteiger partial charge is 0.335 e. The molecule has 31 heavy (non-hydrogen) atoms. The Balaban J connectivity index is 1.20. The van der Waals surface area contributed by atoms with Crippen molar-refractivity contribution >= 4 is 28.6 Å². The Morgan fingerprint density at radius 3 is 2.68 bits per heavy atom. The maximum atomic E-state index is 14.0. The predicted octanol–water partition coefficient (Wildman–Crippen LogP) is 3.55. The minimum atomic E-state index is -0.197. The highest BCUT2D eigenvalue weighted by Gasteiger charge is 2.26. The summed E-state index contributed by atoms with van der Waals surface area (Å²) in [6.07, 6.45) is 1.49. The van der Waals surface area contributed by atoms with Crippen molar-refractivity contribution in [3.05, 3.63) is 69.7 Å². The predicted molar refractivity (Wildman–Crippen MR) is 118 cm³/mol. The number of thiophene rings is 2. The average Bonchev–Trinajstić information content (AvgIpc) is 3.55. The van der Waals surface area contributed by atoms with Crippen molar-refractivity contribution in [3.63, 3.8) is 0 Å². The molecule has 1 aliphatic heterocycles. The second-order valence-electron chi connectivity index (χ2n) is 7.20. The molecular weight excluding hydrogens is 435 g/mol. The molecule has 158 valence electrons. The topological polar surface area (TPSA) is 67.2 Å². The number of piperazine rings is 1. The zero-order chi connectivity index (χ0) is 21.2. The molecule has 5 rings (SSSR count). The third-order valence-electron chi connectivity index (χ3n) is 5.27. The van der Waals surface area contributed by atoms with Gasteiger partial charge in [0.05, 0.1) is 5.69 Å². The number of benzene rings is 1. The van der Waals surface area contributed by atoms with Gasteiger partial charge >= 0.3 is 0 Å². The molecule has 0 radical (unpaired) electrons. The molecule has 0 saturated carbocycles. The van der Waals surface area contributed by atoms with Gasteiger partial charge in [-0.2, -0.15) is 4.68 Å². The zero-order valence-corrected chi connectivity index (χ0v) is 18.2. The Labute approximate surface area is 186 Å². The quantitative estimate of drug-likeness (QED) is 0.461. The highest BCUT2D eigenvalue weighted by atomic mass is 32.1. The van der Waals surface area contributed by atoms with Gasteiger partial charge in [-0.05, 0) is 40.1 Å². The first-order valence-corrected chi connectivity index (χ1v) is 11.5.